The highest BCUT2D eigenvalue weighted by Crippen LogP contribution is 2.29. The van der Waals surface area contributed by atoms with E-state index < -0.39 is 0 Å². The lowest BCUT2D eigenvalue weighted by atomic mass is 10.2. The van der Waals surface area contributed by atoms with Crippen molar-refractivity contribution >= 4 is 43.9 Å². The Kier molecular flexibility index (Phi) is 8.79. The number of methoxy groups -OCH3 is 1. The number of ether oxygens (including phenoxy) is 1. The van der Waals surface area contributed by atoms with Crippen molar-refractivity contribution in [3.63, 3.8) is 0 Å². The van der Waals surface area contributed by atoms with Crippen LogP contribution in [0.2, 0.25) is 0 Å². The van der Waals surface area contributed by atoms with Gasteiger partial charge in [0.15, 0.2) is 5.13 Å². The van der Waals surface area contributed by atoms with Gasteiger partial charge in [0.25, 0.3) is 0 Å². The summed E-state index contributed by atoms with van der Waals surface area (Å²) >= 11 is 1.46. The Morgan fingerprint density at radius 3 is 2.84 bits per heavy atom. The molecule has 0 aliphatic heterocycles. The summed E-state index contributed by atoms with van der Waals surface area (Å²) in [4.78, 5) is 16.9. The molecule has 3 aromatic heterocycles. The number of fused-ring (bicyclic) bond motifs is 1. The molecule has 0 unspecified atom stereocenters. The second-order valence-corrected chi connectivity index (χ2v) is 7.96. The summed E-state index contributed by atoms with van der Waals surface area (Å²) < 4.78 is 5.21. The van der Waals surface area contributed by atoms with Gasteiger partial charge in [0.2, 0.25) is 0 Å². The van der Waals surface area contributed by atoms with Crippen LogP contribution in [0, 0.1) is 0 Å². The molecule has 0 aromatic carbocycles. The van der Waals surface area contributed by atoms with Gasteiger partial charge in [-0.25, -0.2) is 15.0 Å². The monoisotopic (exact) mass is 454 g/mol. The van der Waals surface area contributed by atoms with Gasteiger partial charge in [-0.15, -0.1) is 0 Å². The molecule has 0 atom stereocenters. The molecule has 0 bridgehead atoms. The van der Waals surface area contributed by atoms with Crippen molar-refractivity contribution in [2.75, 3.05) is 50.6 Å². The lowest BCUT2D eigenvalue weighted by molar-refractivity contribution is 0.196. The van der Waals surface area contributed by atoms with Crippen molar-refractivity contribution in [1.82, 2.24) is 20.3 Å². The highest BCUT2D eigenvalue weighted by molar-refractivity contribution is 7.21. The number of nitrogens with zero attached hydrogens (tertiary/aromatic N) is 4. The van der Waals surface area contributed by atoms with Crippen molar-refractivity contribution in [3.05, 3.63) is 54.6 Å². The second-order valence-electron chi connectivity index (χ2n) is 6.98. The zero-order valence-corrected chi connectivity index (χ0v) is 19.2. The number of hydrogen-bond acceptors (Lipinski definition) is 10. The quantitative estimate of drug-likeness (QED) is 0.241. The molecule has 0 fully saturated rings. The maximum atomic E-state index is 5.69. The van der Waals surface area contributed by atoms with E-state index in [1.165, 1.54) is 23.7 Å². The summed E-state index contributed by atoms with van der Waals surface area (Å²) in [6.07, 6.45) is 7.41. The van der Waals surface area contributed by atoms with E-state index in [0.717, 1.165) is 70.9 Å². The van der Waals surface area contributed by atoms with E-state index in [1.807, 2.05) is 37.5 Å². The van der Waals surface area contributed by atoms with Crippen LogP contribution in [0.15, 0.2) is 48.9 Å². The first kappa shape index (κ1) is 23.5. The minimum Gasteiger partial charge on any atom is -0.405 e. The third-order valence-corrected chi connectivity index (χ3v) is 5.64. The molecule has 0 aliphatic carbocycles. The van der Waals surface area contributed by atoms with Crippen LogP contribution in [0.25, 0.3) is 15.9 Å². The third-order valence-electron chi connectivity index (χ3n) is 4.76. The molecular weight excluding hydrogens is 424 g/mol. The van der Waals surface area contributed by atoms with Gasteiger partial charge < -0.3 is 31.7 Å². The molecule has 32 heavy (non-hydrogen) atoms. The van der Waals surface area contributed by atoms with Gasteiger partial charge in [-0.05, 0) is 43.9 Å². The zero-order chi connectivity index (χ0) is 22.8. The minimum atomic E-state index is 0.725. The summed E-state index contributed by atoms with van der Waals surface area (Å²) in [6.45, 7) is 3.42. The fraction of sp³-hybridized carbons (Fsp3) is 0.318. The van der Waals surface area contributed by atoms with Crippen molar-refractivity contribution < 1.29 is 4.74 Å². The highest BCUT2D eigenvalue weighted by Gasteiger charge is 2.11. The fourth-order valence-electron chi connectivity index (χ4n) is 3.17. The van der Waals surface area contributed by atoms with Crippen molar-refractivity contribution in [2.24, 2.45) is 11.5 Å². The van der Waals surface area contributed by atoms with E-state index in [9.17, 15) is 0 Å². The summed E-state index contributed by atoms with van der Waals surface area (Å²) in [5.41, 5.74) is 14.6. The lowest BCUT2D eigenvalue weighted by Crippen LogP contribution is -2.32. The predicted molar refractivity (Wildman–Crippen MR) is 133 cm³/mol. The summed E-state index contributed by atoms with van der Waals surface area (Å²) in [7, 11) is 3.68. The molecule has 0 aliphatic rings. The number of aromatic nitrogens is 3. The number of pyridine rings is 2. The van der Waals surface area contributed by atoms with Gasteiger partial charge in [0.05, 0.1) is 5.69 Å². The van der Waals surface area contributed by atoms with Crippen LogP contribution in [0.4, 0.5) is 16.6 Å². The lowest BCUT2D eigenvalue weighted by Gasteiger charge is -2.25. The number of anilines is 3. The molecular formula is C22H30N8OS. The first-order chi connectivity index (χ1) is 15.7. The Morgan fingerprint density at radius 2 is 2.09 bits per heavy atom. The molecule has 0 saturated carbocycles. The largest absolute Gasteiger partial charge is 0.405 e. The predicted octanol–water partition coefficient (Wildman–Crippen LogP) is 2.66. The van der Waals surface area contributed by atoms with Crippen LogP contribution in [0.1, 0.15) is 12.1 Å². The average Bonchev–Trinajstić information content (AvgIpc) is 3.21. The van der Waals surface area contributed by atoms with Crippen LogP contribution in [0.3, 0.4) is 0 Å². The van der Waals surface area contributed by atoms with Gasteiger partial charge in [0, 0.05) is 63.1 Å². The molecule has 0 spiro atoms. The molecule has 3 rings (SSSR count). The number of nitrogens with one attached hydrogen (secondary N) is 2. The van der Waals surface area contributed by atoms with Gasteiger partial charge in [-0.2, -0.15) is 0 Å². The Morgan fingerprint density at radius 1 is 1.22 bits per heavy atom. The highest BCUT2D eigenvalue weighted by atomic mass is 32.1. The second kappa shape index (κ2) is 12.0. The van der Waals surface area contributed by atoms with Gasteiger partial charge in [-0.3, -0.25) is 0 Å². The van der Waals surface area contributed by atoms with Crippen LogP contribution in [-0.2, 0) is 4.74 Å². The van der Waals surface area contributed by atoms with E-state index in [1.54, 1.807) is 13.2 Å². The van der Waals surface area contributed by atoms with Crippen molar-refractivity contribution in [2.45, 2.75) is 6.42 Å². The number of allylic oxidation sites excluding steroid dienone is 2. The Balaban J connectivity index is 1.79. The van der Waals surface area contributed by atoms with Gasteiger partial charge >= 0.3 is 0 Å². The smallest absolute Gasteiger partial charge is 0.190 e. The Labute approximate surface area is 192 Å². The Hall–Kier alpha value is -3.21. The van der Waals surface area contributed by atoms with Crippen molar-refractivity contribution in [1.29, 1.82) is 0 Å². The normalized spacial score (nSPS) is 12.0. The van der Waals surface area contributed by atoms with Crippen LogP contribution in [-0.4, -0.2) is 55.4 Å². The Bertz CT molecular complexity index is 1070. The fourth-order valence-corrected chi connectivity index (χ4v) is 4.02. The number of likely N-dealkylation sites (N-methyl/N-ethyl adjacent to an activating group) is 1. The summed E-state index contributed by atoms with van der Waals surface area (Å²) in [5, 5.41) is 7.25. The molecule has 6 N–H and O–H groups in total. The molecule has 9 nitrogen and oxygen atoms in total. The topological polar surface area (TPSA) is 127 Å². The molecule has 170 valence electrons. The molecule has 3 aromatic rings. The van der Waals surface area contributed by atoms with Crippen LogP contribution < -0.4 is 27.0 Å². The molecule has 0 amide bonds. The standard InChI is InChI=1S/C22H30N8OS/c1-25-10-12-30(11-3-13-31-2)17-7-9-26-20(14-17)29-22-28-19-5-4-18(27-21(19)32-22)16(15-24)6-8-23/h4-9,14-15,25H,3,10-13,23-24H2,1-2H3,(H,26,28,29)/b8-6-,16-15+. The minimum absolute atomic E-state index is 0.725. The van der Waals surface area contributed by atoms with E-state index in [0.29, 0.717) is 0 Å². The SMILES string of the molecule is CNCCN(CCCOC)c1ccnc(Nc2nc3ccc(C(/C=C\N)=C/N)nc3s2)c1. The maximum absolute atomic E-state index is 5.69. The summed E-state index contributed by atoms with van der Waals surface area (Å²) in [6, 6.07) is 7.86. The van der Waals surface area contributed by atoms with Crippen LogP contribution >= 0.6 is 11.3 Å². The maximum Gasteiger partial charge on any atom is 0.190 e. The summed E-state index contributed by atoms with van der Waals surface area (Å²) in [5.74, 6) is 0.733. The van der Waals surface area contributed by atoms with E-state index in [4.69, 9.17) is 16.2 Å². The number of rotatable bonds is 12. The first-order valence-electron chi connectivity index (χ1n) is 10.4. The molecule has 3 heterocycles. The average molecular weight is 455 g/mol. The third kappa shape index (κ3) is 6.16. The number of hydrogen-bond donors (Lipinski definition) is 4. The molecule has 0 saturated heterocycles. The van der Waals surface area contributed by atoms with Crippen LogP contribution in [0.5, 0.6) is 0 Å². The molecule has 0 radical (unpaired) electrons. The molecule has 10 heteroatoms. The number of nitrogens with two attached hydrogens (primary N) is 2. The van der Waals surface area contributed by atoms with Gasteiger partial charge in [-0.1, -0.05) is 11.3 Å². The van der Waals surface area contributed by atoms with Crippen molar-refractivity contribution in [3.8, 4) is 0 Å². The number of thiazole rings is 1. The first-order valence-corrected chi connectivity index (χ1v) is 11.2. The van der Waals surface area contributed by atoms with E-state index >= 15 is 0 Å². The van der Waals surface area contributed by atoms with E-state index in [2.05, 4.69) is 30.5 Å². The van der Waals surface area contributed by atoms with E-state index in [-0.39, 0.29) is 0 Å². The van der Waals surface area contributed by atoms with Gasteiger partial charge in [0.1, 0.15) is 16.2 Å². The zero-order valence-electron chi connectivity index (χ0n) is 18.4.